The Kier molecular flexibility index (Phi) is 7.38. The molecule has 0 aromatic heterocycles. The van der Waals surface area contributed by atoms with Crippen molar-refractivity contribution in [2.75, 3.05) is 39.4 Å². The number of nitrogens with one attached hydrogen (secondary N) is 2. The number of amides is 1. The lowest BCUT2D eigenvalue weighted by atomic mass is 10.1. The van der Waals surface area contributed by atoms with Crippen LogP contribution in [-0.4, -0.2) is 58.6 Å². The number of nitrogens with zero attached hydrogens (tertiary/aromatic N) is 1. The van der Waals surface area contributed by atoms with Crippen molar-refractivity contribution in [1.29, 1.82) is 0 Å². The summed E-state index contributed by atoms with van der Waals surface area (Å²) in [4.78, 5) is 15.3. The molecule has 0 aliphatic carbocycles. The van der Waals surface area contributed by atoms with E-state index in [0.29, 0.717) is 31.9 Å². The first-order chi connectivity index (χ1) is 14.0. The number of hydrogen-bond donors (Lipinski definition) is 2. The molecular formula is C21H27N3O4S. The first kappa shape index (κ1) is 21.4. The third-order valence-corrected chi connectivity index (χ3v) is 6.37. The Morgan fingerprint density at radius 2 is 1.72 bits per heavy atom. The van der Waals surface area contributed by atoms with Gasteiger partial charge in [-0.3, -0.25) is 9.69 Å². The van der Waals surface area contributed by atoms with Crippen LogP contribution in [-0.2, 0) is 14.8 Å². The van der Waals surface area contributed by atoms with Crippen molar-refractivity contribution in [3.05, 3.63) is 65.7 Å². The van der Waals surface area contributed by atoms with Gasteiger partial charge in [0.15, 0.2) is 0 Å². The second-order valence-corrected chi connectivity index (χ2v) is 8.64. The standard InChI is InChI=1S/C21H27N3O4S/c1-2-22-29(26,27)19-10-8-18(9-11-19)21(25)23-20(17-6-4-3-5-7-17)16-24-12-14-28-15-13-24/h3-11,20,22H,2,12-16H2,1H3,(H,23,25)/t20-/m0/s1. The monoisotopic (exact) mass is 417 g/mol. The third-order valence-electron chi connectivity index (χ3n) is 4.81. The highest BCUT2D eigenvalue weighted by Gasteiger charge is 2.21. The predicted octanol–water partition coefficient (Wildman–Crippen LogP) is 1.79. The minimum absolute atomic E-state index is 0.142. The van der Waals surface area contributed by atoms with E-state index in [4.69, 9.17) is 4.74 Å². The molecule has 1 aliphatic heterocycles. The zero-order valence-corrected chi connectivity index (χ0v) is 17.3. The highest BCUT2D eigenvalue weighted by molar-refractivity contribution is 7.89. The summed E-state index contributed by atoms with van der Waals surface area (Å²) in [6.07, 6.45) is 0. The van der Waals surface area contributed by atoms with Gasteiger partial charge in [0.05, 0.1) is 24.2 Å². The molecule has 2 aromatic carbocycles. The van der Waals surface area contributed by atoms with Gasteiger partial charge in [-0.15, -0.1) is 0 Å². The van der Waals surface area contributed by atoms with E-state index in [1.807, 2.05) is 30.3 Å². The Labute approximate surface area is 172 Å². The molecule has 7 nitrogen and oxygen atoms in total. The molecule has 3 rings (SSSR count). The highest BCUT2D eigenvalue weighted by Crippen LogP contribution is 2.17. The normalized spacial score (nSPS) is 16.3. The summed E-state index contributed by atoms with van der Waals surface area (Å²) in [5, 5.41) is 3.09. The van der Waals surface area contributed by atoms with Gasteiger partial charge in [-0.05, 0) is 29.8 Å². The van der Waals surface area contributed by atoms with Crippen LogP contribution in [0.4, 0.5) is 0 Å². The fraction of sp³-hybridized carbons (Fsp3) is 0.381. The predicted molar refractivity (Wildman–Crippen MR) is 111 cm³/mol. The average molecular weight is 418 g/mol. The van der Waals surface area contributed by atoms with Gasteiger partial charge in [0.25, 0.3) is 5.91 Å². The van der Waals surface area contributed by atoms with Crippen molar-refractivity contribution in [2.45, 2.75) is 17.9 Å². The first-order valence-electron chi connectivity index (χ1n) is 9.75. The Hall–Kier alpha value is -2.26. The summed E-state index contributed by atoms with van der Waals surface area (Å²) in [5.41, 5.74) is 1.45. The van der Waals surface area contributed by atoms with Crippen molar-refractivity contribution in [2.24, 2.45) is 0 Å². The van der Waals surface area contributed by atoms with E-state index in [2.05, 4.69) is 14.9 Å². The third kappa shape index (κ3) is 5.86. The summed E-state index contributed by atoms with van der Waals surface area (Å²) < 4.78 is 32.0. The molecule has 2 aromatic rings. The van der Waals surface area contributed by atoms with Crippen LogP contribution in [0.2, 0.25) is 0 Å². The van der Waals surface area contributed by atoms with E-state index in [9.17, 15) is 13.2 Å². The second kappa shape index (κ2) is 9.98. The summed E-state index contributed by atoms with van der Waals surface area (Å²) in [5.74, 6) is -0.237. The number of hydrogen-bond acceptors (Lipinski definition) is 5. The van der Waals surface area contributed by atoms with Crippen LogP contribution < -0.4 is 10.0 Å². The molecular weight excluding hydrogens is 390 g/mol. The van der Waals surface area contributed by atoms with Gasteiger partial charge in [-0.2, -0.15) is 0 Å². The molecule has 2 N–H and O–H groups in total. The Bertz CT molecular complexity index is 895. The summed E-state index contributed by atoms with van der Waals surface area (Å²) in [7, 11) is -3.54. The molecule has 0 spiro atoms. The number of carbonyl (C=O) groups is 1. The van der Waals surface area contributed by atoms with Crippen molar-refractivity contribution >= 4 is 15.9 Å². The van der Waals surface area contributed by atoms with Crippen LogP contribution in [0.1, 0.15) is 28.9 Å². The fourth-order valence-corrected chi connectivity index (χ4v) is 4.30. The van der Waals surface area contributed by atoms with Crippen molar-refractivity contribution in [3.63, 3.8) is 0 Å². The lowest BCUT2D eigenvalue weighted by molar-refractivity contribution is 0.0332. The second-order valence-electron chi connectivity index (χ2n) is 6.88. The molecule has 0 radical (unpaired) electrons. The smallest absolute Gasteiger partial charge is 0.251 e. The molecule has 29 heavy (non-hydrogen) atoms. The van der Waals surface area contributed by atoms with Crippen LogP contribution in [0.3, 0.4) is 0 Å². The van der Waals surface area contributed by atoms with Gasteiger partial charge >= 0.3 is 0 Å². The molecule has 0 saturated carbocycles. The molecule has 1 amide bonds. The van der Waals surface area contributed by atoms with Gasteiger partial charge in [0, 0.05) is 31.7 Å². The van der Waals surface area contributed by atoms with Crippen molar-refractivity contribution in [1.82, 2.24) is 14.9 Å². The minimum atomic E-state index is -3.54. The molecule has 0 unspecified atom stereocenters. The Morgan fingerprint density at radius 3 is 2.34 bits per heavy atom. The lowest BCUT2D eigenvalue weighted by Gasteiger charge is -2.31. The van der Waals surface area contributed by atoms with E-state index >= 15 is 0 Å². The van der Waals surface area contributed by atoms with Gasteiger partial charge in [-0.25, -0.2) is 13.1 Å². The maximum atomic E-state index is 12.8. The largest absolute Gasteiger partial charge is 0.379 e. The van der Waals surface area contributed by atoms with Crippen molar-refractivity contribution < 1.29 is 17.9 Å². The van der Waals surface area contributed by atoms with Crippen LogP contribution in [0.25, 0.3) is 0 Å². The summed E-state index contributed by atoms with van der Waals surface area (Å²) in [6.45, 7) is 5.76. The van der Waals surface area contributed by atoms with E-state index in [0.717, 1.165) is 18.7 Å². The quantitative estimate of drug-likeness (QED) is 0.684. The zero-order valence-electron chi connectivity index (χ0n) is 16.5. The molecule has 156 valence electrons. The number of morpholine rings is 1. The number of ether oxygens (including phenoxy) is 1. The number of benzene rings is 2. The Balaban J connectivity index is 1.73. The molecule has 1 aliphatic rings. The SMILES string of the molecule is CCNS(=O)(=O)c1ccc(C(=O)N[C@@H](CN2CCOCC2)c2ccccc2)cc1. The van der Waals surface area contributed by atoms with Crippen LogP contribution >= 0.6 is 0 Å². The van der Waals surface area contributed by atoms with Gasteiger partial charge in [0.2, 0.25) is 10.0 Å². The van der Waals surface area contributed by atoms with E-state index in [1.165, 1.54) is 24.3 Å². The highest BCUT2D eigenvalue weighted by atomic mass is 32.2. The molecule has 1 saturated heterocycles. The molecule has 1 atom stereocenters. The first-order valence-corrected chi connectivity index (χ1v) is 11.2. The fourth-order valence-electron chi connectivity index (χ4n) is 3.26. The van der Waals surface area contributed by atoms with E-state index < -0.39 is 10.0 Å². The van der Waals surface area contributed by atoms with Gasteiger partial charge in [-0.1, -0.05) is 37.3 Å². The molecule has 0 bridgehead atoms. The van der Waals surface area contributed by atoms with Gasteiger partial charge < -0.3 is 10.1 Å². The number of carbonyl (C=O) groups excluding carboxylic acids is 1. The molecule has 8 heteroatoms. The summed E-state index contributed by atoms with van der Waals surface area (Å²) in [6, 6.07) is 15.6. The Morgan fingerprint density at radius 1 is 1.07 bits per heavy atom. The average Bonchev–Trinajstić information content (AvgIpc) is 2.74. The van der Waals surface area contributed by atoms with Crippen LogP contribution in [0.15, 0.2) is 59.5 Å². The maximum absolute atomic E-state index is 12.8. The topological polar surface area (TPSA) is 87.7 Å². The van der Waals surface area contributed by atoms with Crippen LogP contribution in [0, 0.1) is 0 Å². The van der Waals surface area contributed by atoms with E-state index in [-0.39, 0.29) is 16.8 Å². The molecule has 1 fully saturated rings. The van der Waals surface area contributed by atoms with Crippen LogP contribution in [0.5, 0.6) is 0 Å². The maximum Gasteiger partial charge on any atom is 0.251 e. The number of rotatable bonds is 8. The zero-order chi connectivity index (χ0) is 20.7. The number of sulfonamides is 1. The minimum Gasteiger partial charge on any atom is -0.379 e. The lowest BCUT2D eigenvalue weighted by Crippen LogP contribution is -2.43. The summed E-state index contributed by atoms with van der Waals surface area (Å²) >= 11 is 0. The molecule has 1 heterocycles. The van der Waals surface area contributed by atoms with E-state index in [1.54, 1.807) is 6.92 Å². The van der Waals surface area contributed by atoms with Gasteiger partial charge in [0.1, 0.15) is 0 Å². The van der Waals surface area contributed by atoms with Crippen molar-refractivity contribution in [3.8, 4) is 0 Å².